The van der Waals surface area contributed by atoms with Crippen molar-refractivity contribution >= 4 is 23.4 Å². The van der Waals surface area contributed by atoms with Gasteiger partial charge in [0.05, 0.1) is 30.5 Å². The number of aliphatic hydroxyl groups excluding tert-OH is 3. The number of ketones is 2. The van der Waals surface area contributed by atoms with E-state index in [1.807, 2.05) is 39.8 Å². The summed E-state index contributed by atoms with van der Waals surface area (Å²) in [5.74, 6) is -7.73. The van der Waals surface area contributed by atoms with Gasteiger partial charge in [-0.25, -0.2) is 4.79 Å². The van der Waals surface area contributed by atoms with Crippen molar-refractivity contribution < 1.29 is 58.6 Å². The largest absolute Gasteiger partial charge is 0.456 e. The molecule has 0 aromatic heterocycles. The van der Waals surface area contributed by atoms with Crippen molar-refractivity contribution in [1.29, 1.82) is 0 Å². The molecule has 4 rings (SSSR count). The van der Waals surface area contributed by atoms with Gasteiger partial charge in [-0.1, -0.05) is 45.4 Å². The fourth-order valence-corrected chi connectivity index (χ4v) is 9.17. The average molecular weight is 778 g/mol. The highest BCUT2D eigenvalue weighted by atomic mass is 16.7. The smallest absolute Gasteiger partial charge is 0.329 e. The van der Waals surface area contributed by atoms with Crippen molar-refractivity contribution in [3.63, 3.8) is 0 Å². The van der Waals surface area contributed by atoms with E-state index in [1.54, 1.807) is 21.0 Å². The van der Waals surface area contributed by atoms with E-state index in [0.29, 0.717) is 56.9 Å². The quantitative estimate of drug-likeness (QED) is 0.180. The molecule has 13 nitrogen and oxygen atoms in total. The lowest BCUT2D eigenvalue weighted by Crippen LogP contribution is -2.57. The maximum absolute atomic E-state index is 14.2. The Labute approximate surface area is 326 Å². The summed E-state index contributed by atoms with van der Waals surface area (Å²) in [5.41, 5.74) is 1.63. The van der Waals surface area contributed by atoms with E-state index < -0.39 is 83.9 Å². The molecule has 3 heterocycles. The molecule has 1 aliphatic carbocycles. The van der Waals surface area contributed by atoms with Gasteiger partial charge < -0.3 is 44.3 Å². The van der Waals surface area contributed by atoms with Crippen LogP contribution in [0.5, 0.6) is 0 Å². The summed E-state index contributed by atoms with van der Waals surface area (Å²) in [6.45, 7) is 11.1. The Morgan fingerprint density at radius 3 is 2.29 bits per heavy atom. The van der Waals surface area contributed by atoms with E-state index in [1.165, 1.54) is 7.11 Å². The number of carbonyl (C=O) groups excluding carboxylic acids is 4. The summed E-state index contributed by atoms with van der Waals surface area (Å²) >= 11 is 0. The summed E-state index contributed by atoms with van der Waals surface area (Å²) in [7, 11) is 3.03. The summed E-state index contributed by atoms with van der Waals surface area (Å²) < 4.78 is 23.3. The van der Waals surface area contributed by atoms with Crippen molar-refractivity contribution in [1.82, 2.24) is 4.90 Å². The molecule has 13 heteroatoms. The second-order valence-corrected chi connectivity index (χ2v) is 16.9. The topological polar surface area (TPSA) is 189 Å². The Kier molecular flexibility index (Phi) is 16.2. The standard InChI is InChI=1S/C42H67NO12/c1-9-29-17-23(2)16-24(3)18-35(53-8)37(47)36-20-26(5)42(51,55-36)39(48)40(49)43-15-11-10-12-30(43)41(50)54-38(27(6)32(45)22-33(29)46)25(4)19-28-13-14-31(44)34(21-28)52-7/h17,19,24,26-32,34-38,44-45,47,51H,9-16,18,20-22H2,1-8H3/b23-17-,25-19+/t24-,26+,27+,28-,29+,30-,31+,32-,34+,35-,36-,37+,38+,42+/m0/s1. The van der Waals surface area contributed by atoms with Gasteiger partial charge in [0.25, 0.3) is 11.7 Å². The van der Waals surface area contributed by atoms with Crippen LogP contribution in [0.4, 0.5) is 0 Å². The van der Waals surface area contributed by atoms with Crippen LogP contribution in [-0.2, 0) is 38.1 Å². The highest BCUT2D eigenvalue weighted by Gasteiger charge is 2.57. The van der Waals surface area contributed by atoms with Crippen LogP contribution in [0.1, 0.15) is 112 Å². The van der Waals surface area contributed by atoms with Crippen LogP contribution in [0, 0.1) is 29.6 Å². The first-order chi connectivity index (χ1) is 25.9. The van der Waals surface area contributed by atoms with Gasteiger partial charge in [0.1, 0.15) is 24.0 Å². The van der Waals surface area contributed by atoms with E-state index in [2.05, 4.69) is 0 Å². The maximum atomic E-state index is 14.2. The number of hydrogen-bond donors (Lipinski definition) is 4. The fraction of sp³-hybridized carbons (Fsp3) is 0.810. The van der Waals surface area contributed by atoms with E-state index in [4.69, 9.17) is 18.9 Å². The lowest BCUT2D eigenvalue weighted by atomic mass is 9.81. The van der Waals surface area contributed by atoms with Gasteiger partial charge in [-0.05, 0) is 95.5 Å². The predicted molar refractivity (Wildman–Crippen MR) is 203 cm³/mol. The minimum atomic E-state index is -2.52. The van der Waals surface area contributed by atoms with E-state index in [0.717, 1.165) is 10.5 Å². The van der Waals surface area contributed by atoms with Gasteiger partial charge in [0.2, 0.25) is 5.79 Å². The summed E-state index contributed by atoms with van der Waals surface area (Å²) in [6.07, 6.45) is 2.46. The molecule has 0 unspecified atom stereocenters. The lowest BCUT2D eigenvalue weighted by molar-refractivity contribution is -0.225. The second kappa shape index (κ2) is 19.8. The highest BCUT2D eigenvalue weighted by Crippen LogP contribution is 2.39. The number of fused-ring (bicyclic) bond motifs is 3. The number of hydrogen-bond acceptors (Lipinski definition) is 12. The van der Waals surface area contributed by atoms with Gasteiger partial charge in [0, 0.05) is 44.9 Å². The zero-order valence-electron chi connectivity index (χ0n) is 34.1. The zero-order valence-corrected chi connectivity index (χ0v) is 34.1. The van der Waals surface area contributed by atoms with E-state index >= 15 is 0 Å². The number of rotatable bonds is 5. The van der Waals surface area contributed by atoms with E-state index in [9.17, 15) is 39.6 Å². The first kappa shape index (κ1) is 45.2. The molecule has 1 amide bonds. The van der Waals surface area contributed by atoms with Gasteiger partial charge in [-0.15, -0.1) is 0 Å². The van der Waals surface area contributed by atoms with Crippen molar-refractivity contribution in [3.05, 3.63) is 23.3 Å². The van der Waals surface area contributed by atoms with Crippen molar-refractivity contribution in [2.45, 2.75) is 167 Å². The number of aliphatic hydroxyl groups is 4. The molecule has 2 bridgehead atoms. The van der Waals surface area contributed by atoms with Crippen molar-refractivity contribution in [2.75, 3.05) is 20.8 Å². The minimum Gasteiger partial charge on any atom is -0.456 e. The molecule has 4 aliphatic rings. The molecule has 2 saturated heterocycles. The van der Waals surface area contributed by atoms with Crippen LogP contribution in [-0.4, -0.2) is 124 Å². The van der Waals surface area contributed by atoms with Crippen molar-refractivity contribution in [3.8, 4) is 0 Å². The van der Waals surface area contributed by atoms with Crippen LogP contribution in [0.3, 0.4) is 0 Å². The number of amides is 1. The maximum Gasteiger partial charge on any atom is 0.329 e. The number of allylic oxidation sites excluding steroid dienone is 3. The molecule has 3 aliphatic heterocycles. The SMILES string of the molecule is CC[C@@H]1/C=C(/C)C[C@H](C)C[C@H](OC)[C@@H](O)[C@@H]2C[C@@H](C)[C@@](O)(O2)C(=O)C(=O)N2CCCC[C@H]2C(=O)O[C@H](/C(C)=C/[C@@H]2CC[C@@H](O)[C@H](OC)C2)[C@H](C)[C@@H](O)CC1=O. The fourth-order valence-electron chi connectivity index (χ4n) is 9.17. The van der Waals surface area contributed by atoms with E-state index in [-0.39, 0.29) is 49.5 Å². The van der Waals surface area contributed by atoms with Gasteiger partial charge >= 0.3 is 5.97 Å². The summed E-state index contributed by atoms with van der Waals surface area (Å²) in [6, 6.07) is -1.15. The molecular weight excluding hydrogens is 710 g/mol. The number of piperidine rings is 1. The third-order valence-corrected chi connectivity index (χ3v) is 12.6. The first-order valence-electron chi connectivity index (χ1n) is 20.4. The number of carbonyl (C=O) groups is 4. The van der Waals surface area contributed by atoms with Crippen LogP contribution in [0.2, 0.25) is 0 Å². The molecular formula is C42H67NO12. The monoisotopic (exact) mass is 777 g/mol. The third-order valence-electron chi connectivity index (χ3n) is 12.6. The first-order valence-corrected chi connectivity index (χ1v) is 20.4. The number of nitrogens with zero attached hydrogens (tertiary/aromatic N) is 1. The Morgan fingerprint density at radius 1 is 0.945 bits per heavy atom. The van der Waals surface area contributed by atoms with Gasteiger partial charge in [-0.3, -0.25) is 14.4 Å². The number of methoxy groups -OCH3 is 2. The number of esters is 1. The van der Waals surface area contributed by atoms with Crippen LogP contribution in [0.25, 0.3) is 0 Å². The average Bonchev–Trinajstić information content (AvgIpc) is 3.47. The normalized spacial score (nSPS) is 42.1. The molecule has 55 heavy (non-hydrogen) atoms. The zero-order chi connectivity index (χ0) is 40.8. The molecule has 1 saturated carbocycles. The predicted octanol–water partition coefficient (Wildman–Crippen LogP) is 3.82. The Bertz CT molecular complexity index is 1410. The highest BCUT2D eigenvalue weighted by molar-refractivity contribution is 6.39. The molecule has 312 valence electrons. The number of Topliss-reactive ketones (excluding diaryl/α,β-unsaturated/α-hetero) is 2. The number of cyclic esters (lactones) is 1. The summed E-state index contributed by atoms with van der Waals surface area (Å²) in [5, 5.41) is 45.1. The Morgan fingerprint density at radius 2 is 1.64 bits per heavy atom. The molecule has 0 radical (unpaired) electrons. The van der Waals surface area contributed by atoms with Crippen molar-refractivity contribution in [2.24, 2.45) is 29.6 Å². The van der Waals surface area contributed by atoms with Gasteiger partial charge in [-0.2, -0.15) is 0 Å². The molecule has 14 atom stereocenters. The van der Waals surface area contributed by atoms with Gasteiger partial charge in [0.15, 0.2) is 0 Å². The van der Waals surface area contributed by atoms with Crippen LogP contribution >= 0.6 is 0 Å². The second-order valence-electron chi connectivity index (χ2n) is 16.9. The Balaban J connectivity index is 1.73. The number of ether oxygens (including phenoxy) is 4. The molecule has 0 spiro atoms. The molecule has 0 aromatic rings. The van der Waals surface area contributed by atoms with Crippen LogP contribution in [0.15, 0.2) is 23.3 Å². The molecule has 3 fully saturated rings. The minimum absolute atomic E-state index is 0.00613. The third kappa shape index (κ3) is 10.7. The Hall–Kier alpha value is -2.52. The molecule has 0 aromatic carbocycles. The summed E-state index contributed by atoms with van der Waals surface area (Å²) in [4.78, 5) is 56.9. The van der Waals surface area contributed by atoms with Crippen LogP contribution < -0.4 is 0 Å². The molecule has 4 N–H and O–H groups in total. The lowest BCUT2D eigenvalue weighted by Gasteiger charge is -2.38.